The number of nitrogens with one attached hydrogen (secondary N) is 2. The second kappa shape index (κ2) is 8.29. The molecule has 2 heterocycles. The first-order valence-electron chi connectivity index (χ1n) is 7.74. The molecule has 0 atom stereocenters. The van der Waals surface area contributed by atoms with E-state index in [9.17, 15) is 0 Å². The molecule has 0 radical (unpaired) electrons. The molecule has 1 aromatic carbocycles. The normalized spacial score (nSPS) is 10.9. The molecule has 0 spiro atoms. The topological polar surface area (TPSA) is 49.8 Å². The van der Waals surface area contributed by atoms with E-state index in [-0.39, 0.29) is 0 Å². The molecule has 0 aliphatic carbocycles. The SMILES string of the molecule is ClCc1ccncc1CNCCNc1ccnc2cc(Cl)ccc12. The third kappa shape index (κ3) is 4.15. The predicted octanol–water partition coefficient (Wildman–Crippen LogP) is 4.22. The maximum atomic E-state index is 6.01. The minimum atomic E-state index is 0.503. The van der Waals surface area contributed by atoms with Crippen molar-refractivity contribution in [3.63, 3.8) is 0 Å². The molecule has 24 heavy (non-hydrogen) atoms. The summed E-state index contributed by atoms with van der Waals surface area (Å²) in [6.45, 7) is 2.39. The zero-order chi connectivity index (χ0) is 16.8. The minimum absolute atomic E-state index is 0.503. The van der Waals surface area contributed by atoms with Crippen LogP contribution in [0.5, 0.6) is 0 Å². The highest BCUT2D eigenvalue weighted by atomic mass is 35.5. The van der Waals surface area contributed by atoms with Crippen LogP contribution in [0.15, 0.2) is 48.9 Å². The molecule has 3 aromatic rings. The molecule has 0 amide bonds. The Bertz CT molecular complexity index is 823. The largest absolute Gasteiger partial charge is 0.383 e. The third-order valence-corrected chi connectivity index (χ3v) is 4.31. The van der Waals surface area contributed by atoms with Gasteiger partial charge < -0.3 is 10.6 Å². The van der Waals surface area contributed by atoms with Crippen molar-refractivity contribution in [1.82, 2.24) is 15.3 Å². The Morgan fingerprint density at radius 1 is 1.00 bits per heavy atom. The van der Waals surface area contributed by atoms with Crippen LogP contribution < -0.4 is 10.6 Å². The van der Waals surface area contributed by atoms with Gasteiger partial charge >= 0.3 is 0 Å². The van der Waals surface area contributed by atoms with Gasteiger partial charge in [-0.3, -0.25) is 9.97 Å². The molecule has 4 nitrogen and oxygen atoms in total. The Kier molecular flexibility index (Phi) is 5.86. The first-order valence-corrected chi connectivity index (χ1v) is 8.66. The lowest BCUT2D eigenvalue weighted by Gasteiger charge is -2.11. The van der Waals surface area contributed by atoms with E-state index in [0.717, 1.165) is 47.4 Å². The number of pyridine rings is 2. The fourth-order valence-electron chi connectivity index (χ4n) is 2.53. The second-order valence-corrected chi connectivity index (χ2v) is 6.11. The monoisotopic (exact) mass is 360 g/mol. The standard InChI is InChI=1S/C18H18Cl2N4/c19-10-13-3-5-21-11-14(13)12-22-7-8-24-17-4-6-23-18-9-15(20)1-2-16(17)18/h1-6,9,11,22H,7-8,10,12H2,(H,23,24). The van der Waals surface area contributed by atoms with Crippen LogP contribution in [0.2, 0.25) is 5.02 Å². The number of rotatable bonds is 7. The zero-order valence-electron chi connectivity index (χ0n) is 13.1. The lowest BCUT2D eigenvalue weighted by atomic mass is 10.1. The van der Waals surface area contributed by atoms with Gasteiger partial charge in [0.05, 0.1) is 5.52 Å². The van der Waals surface area contributed by atoms with Gasteiger partial charge in [-0.1, -0.05) is 11.6 Å². The molecule has 0 fully saturated rings. The fourth-order valence-corrected chi connectivity index (χ4v) is 2.96. The maximum absolute atomic E-state index is 6.01. The van der Waals surface area contributed by atoms with Crippen molar-refractivity contribution >= 4 is 39.8 Å². The van der Waals surface area contributed by atoms with Gasteiger partial charge in [0.15, 0.2) is 0 Å². The Morgan fingerprint density at radius 2 is 1.92 bits per heavy atom. The van der Waals surface area contributed by atoms with E-state index in [1.807, 2.05) is 36.5 Å². The Morgan fingerprint density at radius 3 is 2.79 bits per heavy atom. The molecule has 2 aromatic heterocycles. The fraction of sp³-hybridized carbons (Fsp3) is 0.222. The summed E-state index contributed by atoms with van der Waals surface area (Å²) in [6, 6.07) is 9.67. The van der Waals surface area contributed by atoms with Crippen molar-refractivity contribution < 1.29 is 0 Å². The van der Waals surface area contributed by atoms with Crippen LogP contribution in [0.3, 0.4) is 0 Å². The molecule has 124 valence electrons. The molecule has 0 saturated heterocycles. The van der Waals surface area contributed by atoms with Gasteiger partial charge in [-0.15, -0.1) is 11.6 Å². The van der Waals surface area contributed by atoms with Crippen molar-refractivity contribution in [2.45, 2.75) is 12.4 Å². The predicted molar refractivity (Wildman–Crippen MR) is 101 cm³/mol. The van der Waals surface area contributed by atoms with Crippen LogP contribution in [0.1, 0.15) is 11.1 Å². The van der Waals surface area contributed by atoms with E-state index in [2.05, 4.69) is 20.6 Å². The van der Waals surface area contributed by atoms with Gasteiger partial charge in [0, 0.05) is 60.2 Å². The summed E-state index contributed by atoms with van der Waals surface area (Å²) in [5.41, 5.74) is 4.20. The molecule has 0 unspecified atom stereocenters. The number of hydrogen-bond donors (Lipinski definition) is 2. The molecule has 0 aliphatic heterocycles. The van der Waals surface area contributed by atoms with Crippen molar-refractivity contribution in [3.8, 4) is 0 Å². The summed E-state index contributed by atoms with van der Waals surface area (Å²) in [5, 5.41) is 8.60. The molecule has 3 rings (SSSR count). The lowest BCUT2D eigenvalue weighted by molar-refractivity contribution is 0.701. The summed E-state index contributed by atoms with van der Waals surface area (Å²) >= 11 is 12.0. The average Bonchev–Trinajstić information content (AvgIpc) is 2.61. The van der Waals surface area contributed by atoms with E-state index >= 15 is 0 Å². The maximum Gasteiger partial charge on any atom is 0.0737 e. The van der Waals surface area contributed by atoms with Crippen molar-refractivity contribution in [2.75, 3.05) is 18.4 Å². The van der Waals surface area contributed by atoms with Gasteiger partial charge in [0.2, 0.25) is 0 Å². The summed E-state index contributed by atoms with van der Waals surface area (Å²) in [7, 11) is 0. The zero-order valence-corrected chi connectivity index (χ0v) is 14.6. The summed E-state index contributed by atoms with van der Waals surface area (Å²) in [6.07, 6.45) is 5.42. The van der Waals surface area contributed by atoms with E-state index in [4.69, 9.17) is 23.2 Å². The first kappa shape index (κ1) is 17.0. The van der Waals surface area contributed by atoms with Crippen LogP contribution in [0.25, 0.3) is 10.9 Å². The lowest BCUT2D eigenvalue weighted by Crippen LogP contribution is -2.22. The van der Waals surface area contributed by atoms with Gasteiger partial charge in [0.1, 0.15) is 0 Å². The number of anilines is 1. The Balaban J connectivity index is 1.54. The number of aromatic nitrogens is 2. The summed E-state index contributed by atoms with van der Waals surface area (Å²) < 4.78 is 0. The Hall–Kier alpha value is -1.88. The molecule has 0 saturated carbocycles. The van der Waals surface area contributed by atoms with Crippen molar-refractivity contribution in [1.29, 1.82) is 0 Å². The van der Waals surface area contributed by atoms with E-state index in [0.29, 0.717) is 10.9 Å². The molecule has 0 bridgehead atoms. The van der Waals surface area contributed by atoms with Crippen LogP contribution in [-0.2, 0) is 12.4 Å². The smallest absolute Gasteiger partial charge is 0.0737 e. The number of benzene rings is 1. The highest BCUT2D eigenvalue weighted by molar-refractivity contribution is 6.31. The van der Waals surface area contributed by atoms with Crippen LogP contribution in [0.4, 0.5) is 5.69 Å². The second-order valence-electron chi connectivity index (χ2n) is 5.40. The quantitative estimate of drug-likeness (QED) is 0.489. The van der Waals surface area contributed by atoms with Crippen molar-refractivity contribution in [2.24, 2.45) is 0 Å². The summed E-state index contributed by atoms with van der Waals surface area (Å²) in [4.78, 5) is 8.50. The van der Waals surface area contributed by atoms with E-state index in [1.165, 1.54) is 0 Å². The molecule has 2 N–H and O–H groups in total. The molecular formula is C18H18Cl2N4. The van der Waals surface area contributed by atoms with E-state index < -0.39 is 0 Å². The van der Waals surface area contributed by atoms with E-state index in [1.54, 1.807) is 12.4 Å². The molecule has 0 aliphatic rings. The number of hydrogen-bond acceptors (Lipinski definition) is 4. The van der Waals surface area contributed by atoms with Crippen molar-refractivity contribution in [3.05, 3.63) is 65.1 Å². The van der Waals surface area contributed by atoms with Crippen LogP contribution >= 0.6 is 23.2 Å². The number of halogens is 2. The van der Waals surface area contributed by atoms with Gasteiger partial charge in [-0.25, -0.2) is 0 Å². The third-order valence-electron chi connectivity index (χ3n) is 3.79. The van der Waals surface area contributed by atoms with Gasteiger partial charge in [0.25, 0.3) is 0 Å². The molecular weight excluding hydrogens is 343 g/mol. The van der Waals surface area contributed by atoms with Crippen LogP contribution in [-0.4, -0.2) is 23.1 Å². The number of alkyl halides is 1. The minimum Gasteiger partial charge on any atom is -0.383 e. The van der Waals surface area contributed by atoms with Crippen LogP contribution in [0, 0.1) is 0 Å². The first-order chi connectivity index (χ1) is 11.8. The molecule has 6 heteroatoms. The average molecular weight is 361 g/mol. The number of fused-ring (bicyclic) bond motifs is 1. The highest BCUT2D eigenvalue weighted by Gasteiger charge is 2.03. The van der Waals surface area contributed by atoms with Gasteiger partial charge in [-0.05, 0) is 41.5 Å². The van der Waals surface area contributed by atoms with Gasteiger partial charge in [-0.2, -0.15) is 0 Å². The number of nitrogens with zero attached hydrogens (tertiary/aromatic N) is 2. The summed E-state index contributed by atoms with van der Waals surface area (Å²) in [5.74, 6) is 0.503. The highest BCUT2D eigenvalue weighted by Crippen LogP contribution is 2.24. The Labute approximate surface area is 151 Å².